The maximum absolute atomic E-state index is 13.4. The topological polar surface area (TPSA) is 40.6 Å². The van der Waals surface area contributed by atoms with E-state index in [2.05, 4.69) is 29.0 Å². The van der Waals surface area contributed by atoms with Crippen LogP contribution >= 0.6 is 0 Å². The summed E-state index contributed by atoms with van der Waals surface area (Å²) in [5.41, 5.74) is 5.04. The normalized spacial score (nSPS) is 15.1. The minimum atomic E-state index is -3.26. The number of hydrogen-bond donors (Lipinski definition) is 0. The van der Waals surface area contributed by atoms with Crippen LogP contribution in [0.4, 0.5) is 15.8 Å². The van der Waals surface area contributed by atoms with Gasteiger partial charge in [-0.15, -0.1) is 0 Å². The summed E-state index contributed by atoms with van der Waals surface area (Å²) in [4.78, 5) is 4.77. The quantitative estimate of drug-likeness (QED) is 0.638. The van der Waals surface area contributed by atoms with Gasteiger partial charge in [0.15, 0.2) is 9.84 Å². The highest BCUT2D eigenvalue weighted by atomic mass is 32.2. The maximum atomic E-state index is 13.4. The molecule has 3 aromatic carbocycles. The van der Waals surface area contributed by atoms with Gasteiger partial charge in [0.1, 0.15) is 5.82 Å². The van der Waals surface area contributed by atoms with Gasteiger partial charge in [0, 0.05) is 37.3 Å². The molecule has 0 aliphatic carbocycles. The molecule has 0 radical (unpaired) electrons. The number of sulfone groups is 1. The molecule has 3 aromatic rings. The molecule has 0 saturated heterocycles. The first kappa shape index (κ1) is 19.6. The van der Waals surface area contributed by atoms with Crippen LogP contribution in [0.5, 0.6) is 0 Å². The average Bonchev–Trinajstić information content (AvgIpc) is 2.86. The summed E-state index contributed by atoms with van der Waals surface area (Å²) in [5.74, 6) is -0.248. The Hall–Kier alpha value is -2.70. The molecule has 0 bridgehead atoms. The third-order valence-corrected chi connectivity index (χ3v) is 6.36. The number of likely N-dealkylation sites (N-methyl/N-ethyl adjacent to an activating group) is 1. The molecule has 29 heavy (non-hydrogen) atoms. The molecule has 4 nitrogen and oxygen atoms in total. The lowest BCUT2D eigenvalue weighted by atomic mass is 10.0. The first-order valence-electron chi connectivity index (χ1n) is 9.46. The van der Waals surface area contributed by atoms with E-state index in [1.807, 2.05) is 12.1 Å². The molecular formula is C23H23FN2O2S. The number of hydrogen-bond acceptors (Lipinski definition) is 4. The molecule has 0 N–H and O–H groups in total. The first-order valence-corrected chi connectivity index (χ1v) is 11.4. The Morgan fingerprint density at radius 2 is 1.62 bits per heavy atom. The van der Waals surface area contributed by atoms with Crippen LogP contribution in [-0.2, 0) is 16.4 Å². The zero-order valence-electron chi connectivity index (χ0n) is 16.5. The molecule has 0 fully saturated rings. The van der Waals surface area contributed by atoms with Gasteiger partial charge < -0.3 is 9.80 Å². The zero-order valence-corrected chi connectivity index (χ0v) is 17.3. The predicted molar refractivity (Wildman–Crippen MR) is 115 cm³/mol. The summed E-state index contributed by atoms with van der Waals surface area (Å²) < 4.78 is 37.2. The summed E-state index contributed by atoms with van der Waals surface area (Å²) in [6, 6.07) is 19.8. The van der Waals surface area contributed by atoms with Crippen molar-refractivity contribution in [2.45, 2.75) is 11.4 Å². The van der Waals surface area contributed by atoms with Gasteiger partial charge >= 0.3 is 0 Å². The van der Waals surface area contributed by atoms with E-state index in [0.29, 0.717) is 4.90 Å². The highest BCUT2D eigenvalue weighted by Gasteiger charge is 2.20. The van der Waals surface area contributed by atoms with Crippen molar-refractivity contribution in [1.29, 1.82) is 0 Å². The van der Waals surface area contributed by atoms with E-state index in [1.54, 1.807) is 30.3 Å². The van der Waals surface area contributed by atoms with Crippen molar-refractivity contribution < 1.29 is 12.8 Å². The van der Waals surface area contributed by atoms with Gasteiger partial charge in [-0.25, -0.2) is 12.8 Å². The summed E-state index contributed by atoms with van der Waals surface area (Å²) >= 11 is 0. The lowest BCUT2D eigenvalue weighted by molar-refractivity contribution is 0.343. The standard InChI is InChI=1S/C23H23FN2O2S/c1-25-12-13-26(21-9-7-20(24)8-10-21)23-11-6-18(14-19(23)16-25)17-4-3-5-22(15-17)29(2,27)28/h3-11,14-15H,12-13,16H2,1-2H3. The van der Waals surface area contributed by atoms with Crippen molar-refractivity contribution in [1.82, 2.24) is 4.90 Å². The van der Waals surface area contributed by atoms with Crippen LogP contribution in [-0.4, -0.2) is 39.7 Å². The molecule has 0 aromatic heterocycles. The van der Waals surface area contributed by atoms with Crippen LogP contribution in [0, 0.1) is 5.82 Å². The molecule has 150 valence electrons. The van der Waals surface area contributed by atoms with Crippen LogP contribution < -0.4 is 4.90 Å². The second kappa shape index (κ2) is 7.61. The summed E-state index contributed by atoms with van der Waals surface area (Å²) in [7, 11) is -1.18. The SMILES string of the molecule is CN1CCN(c2ccc(F)cc2)c2ccc(-c3cccc(S(C)(=O)=O)c3)cc2C1. The van der Waals surface area contributed by atoms with Gasteiger partial charge in [0.05, 0.1) is 4.90 Å². The molecule has 0 atom stereocenters. The van der Waals surface area contributed by atoms with Crippen molar-refractivity contribution in [2.24, 2.45) is 0 Å². The molecule has 1 aliphatic heterocycles. The van der Waals surface area contributed by atoms with E-state index in [9.17, 15) is 12.8 Å². The summed E-state index contributed by atoms with van der Waals surface area (Å²) in [6.07, 6.45) is 1.22. The van der Waals surface area contributed by atoms with E-state index < -0.39 is 9.84 Å². The van der Waals surface area contributed by atoms with Crippen molar-refractivity contribution >= 4 is 21.2 Å². The smallest absolute Gasteiger partial charge is 0.175 e. The molecular weight excluding hydrogens is 387 g/mol. The fourth-order valence-electron chi connectivity index (χ4n) is 3.71. The van der Waals surface area contributed by atoms with Crippen molar-refractivity contribution in [2.75, 3.05) is 31.3 Å². The van der Waals surface area contributed by atoms with Crippen LogP contribution in [0.25, 0.3) is 11.1 Å². The molecule has 1 aliphatic rings. The lowest BCUT2D eigenvalue weighted by Gasteiger charge is -2.25. The Bertz CT molecular complexity index is 1140. The monoisotopic (exact) mass is 410 g/mol. The highest BCUT2D eigenvalue weighted by molar-refractivity contribution is 7.90. The second-order valence-electron chi connectivity index (χ2n) is 7.51. The van der Waals surface area contributed by atoms with Crippen LogP contribution in [0.15, 0.2) is 71.6 Å². The molecule has 0 spiro atoms. The Morgan fingerprint density at radius 3 is 2.34 bits per heavy atom. The third-order valence-electron chi connectivity index (χ3n) is 5.25. The Balaban J connectivity index is 1.78. The van der Waals surface area contributed by atoms with Crippen molar-refractivity contribution in [3.05, 3.63) is 78.1 Å². The molecule has 6 heteroatoms. The fourth-order valence-corrected chi connectivity index (χ4v) is 4.38. The Kier molecular flexibility index (Phi) is 5.15. The largest absolute Gasteiger partial charge is 0.340 e. The summed E-state index contributed by atoms with van der Waals surface area (Å²) in [5, 5.41) is 0. The van der Waals surface area contributed by atoms with E-state index in [4.69, 9.17) is 0 Å². The Labute approximate surface area is 171 Å². The first-order chi connectivity index (χ1) is 13.8. The minimum absolute atomic E-state index is 0.248. The van der Waals surface area contributed by atoms with Gasteiger partial charge in [-0.3, -0.25) is 0 Å². The van der Waals surface area contributed by atoms with Gasteiger partial charge in [-0.1, -0.05) is 18.2 Å². The molecule has 4 rings (SSSR count). The molecule has 0 amide bonds. The second-order valence-corrected chi connectivity index (χ2v) is 9.53. The van der Waals surface area contributed by atoms with Crippen LogP contribution in [0.2, 0.25) is 0 Å². The molecule has 1 heterocycles. The van der Waals surface area contributed by atoms with Crippen molar-refractivity contribution in [3.8, 4) is 11.1 Å². The maximum Gasteiger partial charge on any atom is 0.175 e. The fraction of sp³-hybridized carbons (Fsp3) is 0.217. The zero-order chi connectivity index (χ0) is 20.6. The number of rotatable bonds is 3. The number of halogens is 1. The van der Waals surface area contributed by atoms with Gasteiger partial charge in [0.2, 0.25) is 0 Å². The van der Waals surface area contributed by atoms with Gasteiger partial charge in [-0.05, 0) is 72.3 Å². The third kappa shape index (κ3) is 4.18. The summed E-state index contributed by atoms with van der Waals surface area (Å²) in [6.45, 7) is 2.47. The van der Waals surface area contributed by atoms with Gasteiger partial charge in [-0.2, -0.15) is 0 Å². The number of benzene rings is 3. The predicted octanol–water partition coefficient (Wildman–Crippen LogP) is 4.48. The number of anilines is 2. The highest BCUT2D eigenvalue weighted by Crippen LogP contribution is 2.35. The molecule has 0 unspecified atom stereocenters. The Morgan fingerprint density at radius 1 is 0.897 bits per heavy atom. The van der Waals surface area contributed by atoms with E-state index in [0.717, 1.165) is 47.7 Å². The average molecular weight is 411 g/mol. The lowest BCUT2D eigenvalue weighted by Crippen LogP contribution is -2.26. The van der Waals surface area contributed by atoms with E-state index >= 15 is 0 Å². The van der Waals surface area contributed by atoms with Crippen LogP contribution in [0.3, 0.4) is 0 Å². The van der Waals surface area contributed by atoms with Crippen LogP contribution in [0.1, 0.15) is 5.56 Å². The van der Waals surface area contributed by atoms with E-state index in [1.165, 1.54) is 18.4 Å². The van der Waals surface area contributed by atoms with E-state index in [-0.39, 0.29) is 5.82 Å². The number of nitrogens with zero attached hydrogens (tertiary/aromatic N) is 2. The van der Waals surface area contributed by atoms with Crippen molar-refractivity contribution in [3.63, 3.8) is 0 Å². The minimum Gasteiger partial charge on any atom is -0.340 e. The van der Waals surface area contributed by atoms with Gasteiger partial charge in [0.25, 0.3) is 0 Å². The molecule has 0 saturated carbocycles. The number of fused-ring (bicyclic) bond motifs is 1.